The van der Waals surface area contributed by atoms with Gasteiger partial charge in [0.1, 0.15) is 0 Å². The monoisotopic (exact) mass is 513 g/mol. The molecule has 1 unspecified atom stereocenters. The molecule has 158 valence electrons. The minimum absolute atomic E-state index is 0. The molecule has 1 aliphatic carbocycles. The van der Waals surface area contributed by atoms with Crippen molar-refractivity contribution in [2.45, 2.75) is 57.9 Å². The van der Waals surface area contributed by atoms with Gasteiger partial charge in [0.25, 0.3) is 0 Å². The number of ether oxygens (including phenoxy) is 1. The number of nitrogens with one attached hydrogen (secondary N) is 1. The van der Waals surface area contributed by atoms with Gasteiger partial charge < -0.3 is 15.0 Å². The van der Waals surface area contributed by atoms with E-state index in [9.17, 15) is 8.42 Å². The lowest BCUT2D eigenvalue weighted by atomic mass is 9.81. The van der Waals surface area contributed by atoms with E-state index in [1.807, 2.05) is 0 Å². The van der Waals surface area contributed by atoms with Gasteiger partial charge in [0.15, 0.2) is 15.8 Å². The van der Waals surface area contributed by atoms with Crippen LogP contribution in [0.15, 0.2) is 4.99 Å². The van der Waals surface area contributed by atoms with Crippen molar-refractivity contribution in [3.8, 4) is 0 Å². The van der Waals surface area contributed by atoms with Crippen LogP contribution in [0.4, 0.5) is 0 Å². The van der Waals surface area contributed by atoms with Crippen molar-refractivity contribution in [1.82, 2.24) is 10.2 Å². The normalized spacial score (nSPS) is 28.1. The number of nitrogens with zero attached hydrogens (tertiary/aromatic N) is 2. The van der Waals surface area contributed by atoms with Crippen molar-refractivity contribution in [3.63, 3.8) is 0 Å². The van der Waals surface area contributed by atoms with Crippen LogP contribution in [0.3, 0.4) is 0 Å². The first-order valence-electron chi connectivity index (χ1n) is 10.1. The van der Waals surface area contributed by atoms with E-state index in [-0.39, 0.29) is 35.3 Å². The van der Waals surface area contributed by atoms with Gasteiger partial charge in [-0.1, -0.05) is 19.8 Å². The first-order valence-corrected chi connectivity index (χ1v) is 12.0. The van der Waals surface area contributed by atoms with Gasteiger partial charge in [0.2, 0.25) is 0 Å². The SMILES string of the molecule is COCC1(C)CCN(C(=NCC2CCS(=O)(=O)C2)NC2CCCC2)CC1.I. The maximum atomic E-state index is 11.7. The van der Waals surface area contributed by atoms with E-state index >= 15 is 0 Å². The number of rotatable bonds is 5. The predicted molar refractivity (Wildman–Crippen MR) is 121 cm³/mol. The van der Waals surface area contributed by atoms with Crippen LogP contribution >= 0.6 is 24.0 Å². The zero-order valence-electron chi connectivity index (χ0n) is 16.8. The van der Waals surface area contributed by atoms with Crippen molar-refractivity contribution in [2.24, 2.45) is 16.3 Å². The second-order valence-electron chi connectivity index (χ2n) is 8.79. The molecule has 6 nitrogen and oxygen atoms in total. The number of guanidine groups is 1. The molecule has 0 aromatic carbocycles. The van der Waals surface area contributed by atoms with Crippen LogP contribution in [0.1, 0.15) is 51.9 Å². The summed E-state index contributed by atoms with van der Waals surface area (Å²) < 4.78 is 28.8. The Kier molecular flexibility index (Phi) is 8.67. The van der Waals surface area contributed by atoms with Crippen molar-refractivity contribution in [1.29, 1.82) is 0 Å². The summed E-state index contributed by atoms with van der Waals surface area (Å²) in [4.78, 5) is 7.26. The lowest BCUT2D eigenvalue weighted by molar-refractivity contribution is 0.0497. The van der Waals surface area contributed by atoms with E-state index in [1.54, 1.807) is 7.11 Å². The van der Waals surface area contributed by atoms with Gasteiger partial charge in [-0.15, -0.1) is 24.0 Å². The minimum Gasteiger partial charge on any atom is -0.384 e. The highest BCUT2D eigenvalue weighted by atomic mass is 127. The molecule has 2 heterocycles. The molecule has 3 aliphatic rings. The highest BCUT2D eigenvalue weighted by Gasteiger charge is 2.33. The maximum Gasteiger partial charge on any atom is 0.194 e. The molecular formula is C19H36IN3O3S. The van der Waals surface area contributed by atoms with E-state index in [2.05, 4.69) is 17.1 Å². The minimum atomic E-state index is -2.83. The maximum absolute atomic E-state index is 11.7. The zero-order valence-corrected chi connectivity index (χ0v) is 19.9. The van der Waals surface area contributed by atoms with Crippen molar-refractivity contribution >= 4 is 39.8 Å². The average Bonchev–Trinajstić information content (AvgIpc) is 3.21. The molecular weight excluding hydrogens is 477 g/mol. The molecule has 0 bridgehead atoms. The molecule has 2 saturated heterocycles. The molecule has 27 heavy (non-hydrogen) atoms. The first kappa shape index (κ1) is 23.2. The summed E-state index contributed by atoms with van der Waals surface area (Å²) in [7, 11) is -1.05. The summed E-state index contributed by atoms with van der Waals surface area (Å²) in [5.74, 6) is 1.82. The molecule has 0 spiro atoms. The Labute approximate surface area is 181 Å². The number of halogens is 1. The summed E-state index contributed by atoms with van der Waals surface area (Å²) in [6.07, 6.45) is 7.97. The van der Waals surface area contributed by atoms with Crippen LogP contribution < -0.4 is 5.32 Å². The Balaban J connectivity index is 0.00000261. The zero-order chi connectivity index (χ0) is 18.6. The Morgan fingerprint density at radius 3 is 2.44 bits per heavy atom. The van der Waals surface area contributed by atoms with E-state index in [1.165, 1.54) is 25.7 Å². The summed E-state index contributed by atoms with van der Waals surface area (Å²) in [6.45, 7) is 5.71. The van der Waals surface area contributed by atoms with Gasteiger partial charge in [-0.3, -0.25) is 4.99 Å². The predicted octanol–water partition coefficient (Wildman–Crippen LogP) is 2.68. The molecule has 0 amide bonds. The fraction of sp³-hybridized carbons (Fsp3) is 0.947. The van der Waals surface area contributed by atoms with Gasteiger partial charge in [-0.05, 0) is 43.4 Å². The van der Waals surface area contributed by atoms with E-state index in [0.717, 1.165) is 44.9 Å². The number of methoxy groups -OCH3 is 1. The Bertz CT molecular complexity index is 597. The van der Waals surface area contributed by atoms with Crippen LogP contribution in [-0.4, -0.2) is 70.2 Å². The summed E-state index contributed by atoms with van der Waals surface area (Å²) >= 11 is 0. The lowest BCUT2D eigenvalue weighted by Crippen LogP contribution is -2.50. The van der Waals surface area contributed by atoms with Gasteiger partial charge in [0, 0.05) is 32.8 Å². The lowest BCUT2D eigenvalue weighted by Gasteiger charge is -2.40. The third-order valence-electron chi connectivity index (χ3n) is 6.28. The fourth-order valence-electron chi connectivity index (χ4n) is 4.47. The molecule has 0 aromatic heterocycles. The quantitative estimate of drug-likeness (QED) is 0.348. The molecule has 3 rings (SSSR count). The summed E-state index contributed by atoms with van der Waals surface area (Å²) in [5.41, 5.74) is 0.253. The number of hydrogen-bond acceptors (Lipinski definition) is 4. The molecule has 8 heteroatoms. The Hall–Kier alpha value is -0.0900. The fourth-order valence-corrected chi connectivity index (χ4v) is 6.32. The topological polar surface area (TPSA) is 71.0 Å². The second kappa shape index (κ2) is 10.1. The number of piperidine rings is 1. The number of sulfone groups is 1. The highest BCUT2D eigenvalue weighted by Crippen LogP contribution is 2.31. The van der Waals surface area contributed by atoms with Crippen molar-refractivity contribution < 1.29 is 13.2 Å². The molecule has 3 fully saturated rings. The van der Waals surface area contributed by atoms with Gasteiger partial charge in [-0.25, -0.2) is 8.42 Å². The van der Waals surface area contributed by atoms with Crippen LogP contribution in [0.25, 0.3) is 0 Å². The highest BCUT2D eigenvalue weighted by molar-refractivity contribution is 14.0. The Morgan fingerprint density at radius 1 is 1.22 bits per heavy atom. The van der Waals surface area contributed by atoms with Gasteiger partial charge in [-0.2, -0.15) is 0 Å². The van der Waals surface area contributed by atoms with E-state index in [4.69, 9.17) is 9.73 Å². The van der Waals surface area contributed by atoms with Gasteiger partial charge >= 0.3 is 0 Å². The number of likely N-dealkylation sites (tertiary alicyclic amines) is 1. The molecule has 1 saturated carbocycles. The molecule has 0 radical (unpaired) electrons. The van der Waals surface area contributed by atoms with Crippen LogP contribution in [0.5, 0.6) is 0 Å². The van der Waals surface area contributed by atoms with Crippen molar-refractivity contribution in [2.75, 3.05) is 44.9 Å². The van der Waals surface area contributed by atoms with E-state index < -0.39 is 9.84 Å². The third kappa shape index (κ3) is 6.73. The van der Waals surface area contributed by atoms with Crippen LogP contribution in [0, 0.1) is 11.3 Å². The number of hydrogen-bond donors (Lipinski definition) is 1. The van der Waals surface area contributed by atoms with Gasteiger partial charge in [0.05, 0.1) is 18.1 Å². The molecule has 1 N–H and O–H groups in total. The first-order chi connectivity index (χ1) is 12.4. The summed E-state index contributed by atoms with van der Waals surface area (Å²) in [6, 6.07) is 0.522. The van der Waals surface area contributed by atoms with Crippen LogP contribution in [-0.2, 0) is 14.6 Å². The van der Waals surface area contributed by atoms with E-state index in [0.29, 0.717) is 24.1 Å². The summed E-state index contributed by atoms with van der Waals surface area (Å²) in [5, 5.41) is 3.68. The molecule has 1 atom stereocenters. The molecule has 2 aliphatic heterocycles. The third-order valence-corrected chi connectivity index (χ3v) is 8.11. The smallest absolute Gasteiger partial charge is 0.194 e. The largest absolute Gasteiger partial charge is 0.384 e. The average molecular weight is 513 g/mol. The number of aliphatic imine (C=N–C) groups is 1. The Morgan fingerprint density at radius 2 is 1.89 bits per heavy atom. The van der Waals surface area contributed by atoms with Crippen LogP contribution in [0.2, 0.25) is 0 Å². The van der Waals surface area contributed by atoms with Crippen molar-refractivity contribution in [3.05, 3.63) is 0 Å². The molecule has 0 aromatic rings. The standard InChI is InChI=1S/C19H35N3O3S.HI/c1-19(15-25-2)8-10-22(11-9-19)18(21-17-5-3-4-6-17)20-13-16-7-12-26(23,24)14-16;/h16-17H,3-15H2,1-2H3,(H,20,21);1H. The second-order valence-corrected chi connectivity index (χ2v) is 11.0.